The van der Waals surface area contributed by atoms with Crippen LogP contribution in [0.1, 0.15) is 18.1 Å². The number of rotatable bonds is 8. The highest BCUT2D eigenvalue weighted by atomic mass is 32.2. The van der Waals surface area contributed by atoms with Gasteiger partial charge in [0.1, 0.15) is 10.9 Å². The summed E-state index contributed by atoms with van der Waals surface area (Å²) in [5, 5.41) is 10.6. The zero-order valence-electron chi connectivity index (χ0n) is 15.6. The summed E-state index contributed by atoms with van der Waals surface area (Å²) in [6.07, 6.45) is 1.73. The van der Waals surface area contributed by atoms with Crippen molar-refractivity contribution < 1.29 is 24.2 Å². The van der Waals surface area contributed by atoms with Gasteiger partial charge in [0.25, 0.3) is 5.91 Å². The average Bonchev–Trinajstić information content (AvgIpc) is 2.96. The number of thiocarbonyl (C=S) groups is 1. The summed E-state index contributed by atoms with van der Waals surface area (Å²) in [6, 6.07) is 14.7. The van der Waals surface area contributed by atoms with Gasteiger partial charge in [-0.1, -0.05) is 60.4 Å². The number of ether oxygens (including phenoxy) is 2. The maximum absolute atomic E-state index is 12.8. The number of hydrogen-bond donors (Lipinski definition) is 0. The molecule has 0 bridgehead atoms. The van der Waals surface area contributed by atoms with E-state index in [1.165, 1.54) is 11.8 Å². The highest BCUT2D eigenvalue weighted by molar-refractivity contribution is 8.26. The summed E-state index contributed by atoms with van der Waals surface area (Å²) in [5.74, 6) is -0.787. The predicted octanol–water partition coefficient (Wildman–Crippen LogP) is 2.62. The van der Waals surface area contributed by atoms with Crippen LogP contribution < -0.4 is 14.6 Å². The third-order valence-corrected chi connectivity index (χ3v) is 5.35. The number of thioether (sulfide) groups is 1. The molecule has 1 saturated heterocycles. The Hall–Kier alpha value is -2.84. The zero-order chi connectivity index (χ0) is 20.8. The summed E-state index contributed by atoms with van der Waals surface area (Å²) in [6.45, 7) is 2.04. The van der Waals surface area contributed by atoms with Crippen LogP contribution in [0.5, 0.6) is 11.5 Å². The third-order valence-electron chi connectivity index (χ3n) is 3.97. The van der Waals surface area contributed by atoms with Crippen molar-refractivity contribution in [3.63, 3.8) is 0 Å². The van der Waals surface area contributed by atoms with Gasteiger partial charge < -0.3 is 19.4 Å². The molecule has 0 aliphatic carbocycles. The van der Waals surface area contributed by atoms with E-state index in [1.54, 1.807) is 29.2 Å². The van der Waals surface area contributed by atoms with Crippen LogP contribution in [0.3, 0.4) is 0 Å². The Balaban J connectivity index is 1.80. The van der Waals surface area contributed by atoms with Crippen LogP contribution in [0.15, 0.2) is 53.4 Å². The second kappa shape index (κ2) is 9.58. The number of nitrogens with zero attached hydrogens (tertiary/aromatic N) is 1. The Morgan fingerprint density at radius 3 is 2.62 bits per heavy atom. The van der Waals surface area contributed by atoms with Crippen molar-refractivity contribution in [2.75, 3.05) is 13.2 Å². The molecule has 8 heteroatoms. The number of carbonyl (C=O) groups excluding carboxylic acids is 2. The Morgan fingerprint density at radius 2 is 1.93 bits per heavy atom. The lowest BCUT2D eigenvalue weighted by atomic mass is 10.1. The van der Waals surface area contributed by atoms with Crippen LogP contribution in [0.4, 0.5) is 0 Å². The molecule has 1 fully saturated rings. The number of carboxylic acid groups (broad SMARTS) is 1. The fourth-order valence-electron chi connectivity index (χ4n) is 2.69. The molecule has 0 spiro atoms. The van der Waals surface area contributed by atoms with Crippen LogP contribution in [0.25, 0.3) is 6.08 Å². The smallest absolute Gasteiger partial charge is 0.266 e. The van der Waals surface area contributed by atoms with Gasteiger partial charge in [-0.3, -0.25) is 9.69 Å². The van der Waals surface area contributed by atoms with Gasteiger partial charge in [-0.05, 0) is 36.3 Å². The molecule has 0 N–H and O–H groups in total. The lowest BCUT2D eigenvalue weighted by Crippen LogP contribution is -2.29. The molecule has 0 atom stereocenters. The summed E-state index contributed by atoms with van der Waals surface area (Å²) >= 11 is 6.62. The first kappa shape index (κ1) is 20.9. The topological polar surface area (TPSA) is 78.9 Å². The van der Waals surface area contributed by atoms with Crippen LogP contribution in [0, 0.1) is 0 Å². The van der Waals surface area contributed by atoms with Crippen molar-refractivity contribution in [2.24, 2.45) is 0 Å². The largest absolute Gasteiger partial charge is 0.546 e. The Labute approximate surface area is 178 Å². The van der Waals surface area contributed by atoms with E-state index in [0.717, 1.165) is 11.1 Å². The molecule has 0 radical (unpaired) electrons. The Morgan fingerprint density at radius 1 is 1.17 bits per heavy atom. The van der Waals surface area contributed by atoms with Crippen LogP contribution in [-0.4, -0.2) is 34.3 Å². The van der Waals surface area contributed by atoms with E-state index in [0.29, 0.717) is 33.9 Å². The lowest BCUT2D eigenvalue weighted by molar-refractivity contribution is -0.307. The van der Waals surface area contributed by atoms with Crippen LogP contribution in [-0.2, 0) is 16.1 Å². The first-order valence-electron chi connectivity index (χ1n) is 8.86. The van der Waals surface area contributed by atoms with Crippen molar-refractivity contribution in [3.8, 4) is 11.5 Å². The van der Waals surface area contributed by atoms with E-state index in [4.69, 9.17) is 21.7 Å². The molecule has 0 aromatic heterocycles. The molecule has 6 nitrogen and oxygen atoms in total. The number of hydrogen-bond acceptors (Lipinski definition) is 7. The van der Waals surface area contributed by atoms with Gasteiger partial charge >= 0.3 is 0 Å². The minimum absolute atomic E-state index is 0.154. The Bertz CT molecular complexity index is 959. The molecule has 1 heterocycles. The predicted molar refractivity (Wildman–Crippen MR) is 113 cm³/mol. The maximum atomic E-state index is 12.8. The first-order valence-corrected chi connectivity index (χ1v) is 10.1. The highest BCUT2D eigenvalue weighted by Gasteiger charge is 2.32. The lowest BCUT2D eigenvalue weighted by Gasteiger charge is -2.14. The summed E-state index contributed by atoms with van der Waals surface area (Å²) < 4.78 is 11.2. The molecule has 2 aromatic carbocycles. The quantitative estimate of drug-likeness (QED) is 0.472. The number of carbonyl (C=O) groups is 2. The van der Waals surface area contributed by atoms with Crippen molar-refractivity contribution in [1.29, 1.82) is 0 Å². The first-order chi connectivity index (χ1) is 14.0. The molecule has 1 amide bonds. The molecule has 2 aromatic rings. The summed E-state index contributed by atoms with van der Waals surface area (Å²) in [4.78, 5) is 25.5. The van der Waals surface area contributed by atoms with Gasteiger partial charge in [0.15, 0.2) is 11.5 Å². The average molecular weight is 429 g/mol. The normalized spacial score (nSPS) is 15.1. The van der Waals surface area contributed by atoms with Crippen LogP contribution >= 0.6 is 24.0 Å². The molecular formula is C21H18NO5S2-. The molecule has 150 valence electrons. The van der Waals surface area contributed by atoms with Gasteiger partial charge in [0.2, 0.25) is 0 Å². The molecule has 3 rings (SSSR count). The fourth-order valence-corrected chi connectivity index (χ4v) is 3.95. The van der Waals surface area contributed by atoms with E-state index in [-0.39, 0.29) is 5.91 Å². The van der Waals surface area contributed by atoms with Crippen molar-refractivity contribution in [3.05, 3.63) is 64.6 Å². The number of amides is 1. The standard InChI is InChI=1S/C21H19NO5S2/c1-2-26-17-10-15(8-9-16(17)27-13-19(23)24)11-18-20(25)22(21(28)29-18)12-14-6-4-3-5-7-14/h3-11H,2,12-13H2,1H3,(H,23,24)/p-1/b18-11+. The maximum Gasteiger partial charge on any atom is 0.266 e. The fraction of sp³-hybridized carbons (Fsp3) is 0.190. The SMILES string of the molecule is CCOc1cc(/C=C2/SC(=S)N(Cc3ccccc3)C2=O)ccc1OCC(=O)[O-]. The van der Waals surface area contributed by atoms with Gasteiger partial charge in [-0.25, -0.2) is 0 Å². The number of aliphatic carboxylic acids is 1. The molecule has 1 aliphatic rings. The van der Waals surface area contributed by atoms with Gasteiger partial charge in [0.05, 0.1) is 24.0 Å². The van der Waals surface area contributed by atoms with E-state index >= 15 is 0 Å². The summed E-state index contributed by atoms with van der Waals surface area (Å²) in [5.41, 5.74) is 1.72. The van der Waals surface area contributed by atoms with E-state index < -0.39 is 12.6 Å². The number of benzene rings is 2. The molecule has 29 heavy (non-hydrogen) atoms. The van der Waals surface area contributed by atoms with E-state index in [1.807, 2.05) is 37.3 Å². The van der Waals surface area contributed by atoms with Crippen LogP contribution in [0.2, 0.25) is 0 Å². The van der Waals surface area contributed by atoms with Gasteiger partial charge in [-0.2, -0.15) is 0 Å². The third kappa shape index (κ3) is 5.36. The molecular weight excluding hydrogens is 410 g/mol. The second-order valence-corrected chi connectivity index (χ2v) is 7.73. The summed E-state index contributed by atoms with van der Waals surface area (Å²) in [7, 11) is 0. The minimum Gasteiger partial charge on any atom is -0.546 e. The van der Waals surface area contributed by atoms with Crippen molar-refractivity contribution in [1.82, 2.24) is 4.90 Å². The minimum atomic E-state index is -1.32. The molecule has 0 unspecified atom stereocenters. The van der Waals surface area contributed by atoms with E-state index in [2.05, 4.69) is 0 Å². The second-order valence-electron chi connectivity index (χ2n) is 6.05. The van der Waals surface area contributed by atoms with Gasteiger partial charge in [-0.15, -0.1) is 0 Å². The number of carboxylic acids is 1. The van der Waals surface area contributed by atoms with E-state index in [9.17, 15) is 14.7 Å². The van der Waals surface area contributed by atoms with Crippen molar-refractivity contribution in [2.45, 2.75) is 13.5 Å². The van der Waals surface area contributed by atoms with Crippen molar-refractivity contribution >= 4 is 46.3 Å². The molecule has 1 aliphatic heterocycles. The highest BCUT2D eigenvalue weighted by Crippen LogP contribution is 2.35. The molecule has 0 saturated carbocycles. The monoisotopic (exact) mass is 428 g/mol. The zero-order valence-corrected chi connectivity index (χ0v) is 17.3. The van der Waals surface area contributed by atoms with Gasteiger partial charge in [0, 0.05) is 0 Å². The Kier molecular flexibility index (Phi) is 6.90.